The molecule has 160 valence electrons. The third-order valence-corrected chi connectivity index (χ3v) is 7.92. The Morgan fingerprint density at radius 2 is 1.94 bits per heavy atom. The number of carbonyl (C=O) groups is 2. The number of nitrogens with zero attached hydrogens (tertiary/aromatic N) is 4. The number of benzene rings is 1. The lowest BCUT2D eigenvalue weighted by Crippen LogP contribution is -2.25. The lowest BCUT2D eigenvalue weighted by atomic mass is 9.89. The Balaban J connectivity index is 1.24. The molecule has 1 aromatic heterocycles. The molecule has 1 aliphatic carbocycles. The van der Waals surface area contributed by atoms with Crippen molar-refractivity contribution in [3.05, 3.63) is 39.2 Å². The van der Waals surface area contributed by atoms with Gasteiger partial charge in [-0.15, -0.1) is 0 Å². The van der Waals surface area contributed by atoms with Gasteiger partial charge in [0.15, 0.2) is 5.17 Å². The number of fused-ring (bicyclic) bond motifs is 3. The van der Waals surface area contributed by atoms with E-state index in [2.05, 4.69) is 15.3 Å². The van der Waals surface area contributed by atoms with Crippen molar-refractivity contribution < 1.29 is 9.59 Å². The molecule has 10 heteroatoms. The van der Waals surface area contributed by atoms with E-state index in [0.717, 1.165) is 53.5 Å². The minimum atomic E-state index is -0.289. The first kappa shape index (κ1) is 20.3. The average molecular weight is 456 g/mol. The normalized spacial score (nSPS) is 20.5. The number of thioether (sulfide) groups is 2. The maximum absolute atomic E-state index is 12.6. The van der Waals surface area contributed by atoms with Gasteiger partial charge in [-0.3, -0.25) is 18.7 Å². The predicted molar refractivity (Wildman–Crippen MR) is 126 cm³/mol. The Morgan fingerprint density at radius 3 is 2.77 bits per heavy atom. The largest absolute Gasteiger partial charge is 0.328 e. The second-order valence-corrected chi connectivity index (χ2v) is 9.87. The highest BCUT2D eigenvalue weighted by Gasteiger charge is 2.40. The number of aryl methyl sites for hydroxylation is 2. The summed E-state index contributed by atoms with van der Waals surface area (Å²) >= 11 is 2.78. The zero-order valence-corrected chi connectivity index (χ0v) is 18.8. The van der Waals surface area contributed by atoms with Gasteiger partial charge in [0, 0.05) is 19.8 Å². The molecule has 0 saturated carbocycles. The molecule has 1 unspecified atom stereocenters. The Bertz CT molecular complexity index is 1280. The number of amides is 2. The number of anilines is 1. The first-order valence-electron chi connectivity index (χ1n) is 10.1. The summed E-state index contributed by atoms with van der Waals surface area (Å²) in [7, 11) is 3.41. The first-order valence-corrected chi connectivity index (χ1v) is 11.9. The molecule has 0 spiro atoms. The summed E-state index contributed by atoms with van der Waals surface area (Å²) < 4.78 is 3.11. The molecule has 0 radical (unpaired) electrons. The number of imidazole rings is 1. The minimum absolute atomic E-state index is 0.0944. The second kappa shape index (κ2) is 7.83. The van der Waals surface area contributed by atoms with E-state index >= 15 is 0 Å². The number of aromatic nitrogens is 2. The van der Waals surface area contributed by atoms with Crippen molar-refractivity contribution in [1.82, 2.24) is 9.13 Å². The highest BCUT2D eigenvalue weighted by molar-refractivity contribution is 8.18. The van der Waals surface area contributed by atoms with Crippen molar-refractivity contribution in [3.8, 4) is 0 Å². The summed E-state index contributed by atoms with van der Waals surface area (Å²) in [6, 6.07) is 5.35. The van der Waals surface area contributed by atoms with Crippen LogP contribution in [0.3, 0.4) is 0 Å². The van der Waals surface area contributed by atoms with Crippen LogP contribution in [0.15, 0.2) is 43.5 Å². The van der Waals surface area contributed by atoms with E-state index in [1.54, 1.807) is 47.1 Å². The van der Waals surface area contributed by atoms with Crippen LogP contribution in [0, 0.1) is 5.92 Å². The molecule has 5 rings (SSSR count). The van der Waals surface area contributed by atoms with Crippen LogP contribution in [-0.2, 0) is 23.7 Å². The van der Waals surface area contributed by atoms with Crippen LogP contribution in [0.25, 0.3) is 11.0 Å². The second-order valence-electron chi connectivity index (χ2n) is 7.81. The van der Waals surface area contributed by atoms with Crippen LogP contribution >= 0.6 is 23.5 Å². The van der Waals surface area contributed by atoms with Crippen molar-refractivity contribution in [2.45, 2.75) is 25.7 Å². The summed E-state index contributed by atoms with van der Waals surface area (Å²) in [5.74, 6) is -0.582. The summed E-state index contributed by atoms with van der Waals surface area (Å²) in [5.41, 5.74) is 3.23. The highest BCUT2D eigenvalue weighted by atomic mass is 32.2. The Morgan fingerprint density at radius 1 is 1.16 bits per heavy atom. The molecule has 2 amide bonds. The van der Waals surface area contributed by atoms with E-state index in [4.69, 9.17) is 0 Å². The quantitative estimate of drug-likeness (QED) is 0.767. The monoisotopic (exact) mass is 455 g/mol. The van der Waals surface area contributed by atoms with Crippen molar-refractivity contribution >= 4 is 62.3 Å². The maximum atomic E-state index is 12.6. The number of rotatable bonds is 3. The average Bonchev–Trinajstić information content (AvgIpc) is 3.23. The molecule has 8 nitrogen and oxygen atoms in total. The number of aliphatic imine (C=N–C) groups is 2. The zero-order valence-electron chi connectivity index (χ0n) is 17.2. The maximum Gasteiger partial charge on any atom is 0.328 e. The van der Waals surface area contributed by atoms with Crippen molar-refractivity contribution in [1.29, 1.82) is 0 Å². The number of allylic oxidation sites excluding steroid dienone is 1. The van der Waals surface area contributed by atoms with E-state index in [1.807, 2.05) is 6.07 Å². The SMILES string of the molecule is Cn1c(=O)n(C)c2cc(NC(=O)CSC3=NC(=O)C4C(=N3)SC3=C4CCCC3)ccc21. The summed E-state index contributed by atoms with van der Waals surface area (Å²) in [6.45, 7) is 0. The fourth-order valence-corrected chi connectivity index (χ4v) is 6.30. The molecule has 3 heterocycles. The van der Waals surface area contributed by atoms with Crippen LogP contribution in [0.5, 0.6) is 0 Å². The van der Waals surface area contributed by atoms with Gasteiger partial charge in [-0.05, 0) is 54.4 Å². The summed E-state index contributed by atoms with van der Waals surface area (Å²) in [6.07, 6.45) is 4.25. The van der Waals surface area contributed by atoms with Crippen LogP contribution in [-0.4, -0.2) is 36.9 Å². The molecule has 0 saturated heterocycles. The van der Waals surface area contributed by atoms with Crippen LogP contribution in [0.2, 0.25) is 0 Å². The van der Waals surface area contributed by atoms with E-state index in [9.17, 15) is 14.4 Å². The van der Waals surface area contributed by atoms with Crippen molar-refractivity contribution in [2.24, 2.45) is 30.0 Å². The van der Waals surface area contributed by atoms with Gasteiger partial charge in [0.25, 0.3) is 5.91 Å². The minimum Gasteiger partial charge on any atom is -0.325 e. The van der Waals surface area contributed by atoms with Crippen LogP contribution in [0.1, 0.15) is 25.7 Å². The predicted octanol–water partition coefficient (Wildman–Crippen LogP) is 3.03. The standard InChI is InChI=1S/C21H21N5O3S2/c1-25-13-8-7-11(9-14(13)26(2)21(25)29)22-16(27)10-30-20-23-18(28)17-12-5-3-4-6-15(12)31-19(17)24-20/h7-9,17H,3-6,10H2,1-2H3,(H,22,27). The molecular formula is C21H21N5O3S2. The smallest absolute Gasteiger partial charge is 0.325 e. The fraction of sp³-hybridized carbons (Fsp3) is 0.381. The molecule has 1 aromatic carbocycles. The van der Waals surface area contributed by atoms with E-state index < -0.39 is 0 Å². The molecule has 0 fully saturated rings. The Labute approximate surface area is 186 Å². The lowest BCUT2D eigenvalue weighted by Gasteiger charge is -2.18. The molecule has 2 aromatic rings. The van der Waals surface area contributed by atoms with Gasteiger partial charge in [-0.2, -0.15) is 4.99 Å². The fourth-order valence-electron chi connectivity index (χ4n) is 4.25. The van der Waals surface area contributed by atoms with E-state index in [1.165, 1.54) is 10.5 Å². The van der Waals surface area contributed by atoms with E-state index in [0.29, 0.717) is 10.9 Å². The number of nitrogens with one attached hydrogen (secondary N) is 1. The van der Waals surface area contributed by atoms with Gasteiger partial charge in [-0.25, -0.2) is 9.79 Å². The van der Waals surface area contributed by atoms with E-state index in [-0.39, 0.29) is 29.2 Å². The number of hydrogen-bond donors (Lipinski definition) is 1. The molecule has 1 atom stereocenters. The number of hydrogen-bond acceptors (Lipinski definition) is 6. The molecule has 31 heavy (non-hydrogen) atoms. The number of carbonyl (C=O) groups excluding carboxylic acids is 2. The third kappa shape index (κ3) is 3.57. The summed E-state index contributed by atoms with van der Waals surface area (Å²) in [4.78, 5) is 47.1. The van der Waals surface area contributed by atoms with Gasteiger partial charge in [0.1, 0.15) is 5.92 Å². The molecule has 3 aliphatic rings. The van der Waals surface area contributed by atoms with Crippen LogP contribution < -0.4 is 11.0 Å². The van der Waals surface area contributed by atoms with Gasteiger partial charge in [0.2, 0.25) is 5.91 Å². The number of amidine groups is 1. The molecular weight excluding hydrogens is 434 g/mol. The third-order valence-electron chi connectivity index (χ3n) is 5.83. The summed E-state index contributed by atoms with van der Waals surface area (Å²) in [5, 5.41) is 4.00. The Hall–Kier alpha value is -2.59. The van der Waals surface area contributed by atoms with Gasteiger partial charge in [-0.1, -0.05) is 23.5 Å². The molecule has 0 bridgehead atoms. The topological polar surface area (TPSA) is 97.8 Å². The van der Waals surface area contributed by atoms with Gasteiger partial charge >= 0.3 is 5.69 Å². The van der Waals surface area contributed by atoms with Crippen molar-refractivity contribution in [3.63, 3.8) is 0 Å². The molecule has 2 aliphatic heterocycles. The molecule has 1 N–H and O–H groups in total. The highest BCUT2D eigenvalue weighted by Crippen LogP contribution is 2.47. The van der Waals surface area contributed by atoms with Gasteiger partial charge < -0.3 is 5.32 Å². The Kier molecular flexibility index (Phi) is 5.13. The van der Waals surface area contributed by atoms with Crippen molar-refractivity contribution in [2.75, 3.05) is 11.1 Å². The first-order chi connectivity index (χ1) is 14.9. The van der Waals surface area contributed by atoms with Gasteiger partial charge in [0.05, 0.1) is 21.8 Å². The zero-order chi connectivity index (χ0) is 21.7. The lowest BCUT2D eigenvalue weighted by molar-refractivity contribution is -0.119. The van der Waals surface area contributed by atoms with Crippen LogP contribution in [0.4, 0.5) is 5.69 Å².